The summed E-state index contributed by atoms with van der Waals surface area (Å²) in [5.41, 5.74) is 2.72. The van der Waals surface area contributed by atoms with Crippen LogP contribution in [0.1, 0.15) is 55.5 Å². The Kier molecular flexibility index (Phi) is 4.80. The van der Waals surface area contributed by atoms with Gasteiger partial charge in [0.1, 0.15) is 17.7 Å². The SMILES string of the molecule is O=C(OC1CC1)N1CCCc2nc(C3(C(=O)Cc4ccc(F)cc4)CCC3)ccc21. The number of fused-ring (bicyclic) bond motifs is 1. The number of aryl methyl sites for hydroxylation is 1. The molecule has 0 radical (unpaired) electrons. The number of benzene rings is 1. The Labute approximate surface area is 175 Å². The first-order valence-corrected chi connectivity index (χ1v) is 10.8. The molecule has 2 aliphatic carbocycles. The third-order valence-electron chi connectivity index (χ3n) is 6.56. The molecule has 2 saturated carbocycles. The smallest absolute Gasteiger partial charge is 0.414 e. The van der Waals surface area contributed by atoms with Crippen molar-refractivity contribution in [3.05, 3.63) is 59.2 Å². The van der Waals surface area contributed by atoms with E-state index in [2.05, 4.69) is 0 Å². The minimum Gasteiger partial charge on any atom is -0.446 e. The number of ketones is 1. The molecule has 30 heavy (non-hydrogen) atoms. The average Bonchev–Trinajstić information content (AvgIpc) is 3.52. The Bertz CT molecular complexity index is 980. The van der Waals surface area contributed by atoms with E-state index < -0.39 is 5.41 Å². The highest BCUT2D eigenvalue weighted by atomic mass is 19.1. The van der Waals surface area contributed by atoms with E-state index in [1.165, 1.54) is 12.1 Å². The van der Waals surface area contributed by atoms with Crippen LogP contribution in [0.25, 0.3) is 0 Å². The Balaban J connectivity index is 1.39. The van der Waals surface area contributed by atoms with Gasteiger partial charge in [-0.3, -0.25) is 14.7 Å². The molecule has 3 aliphatic rings. The first-order valence-electron chi connectivity index (χ1n) is 10.8. The van der Waals surface area contributed by atoms with E-state index in [-0.39, 0.29) is 30.2 Å². The number of rotatable bonds is 5. The summed E-state index contributed by atoms with van der Waals surface area (Å²) < 4.78 is 18.7. The number of hydrogen-bond acceptors (Lipinski definition) is 4. The summed E-state index contributed by atoms with van der Waals surface area (Å²) in [6, 6.07) is 9.96. The van der Waals surface area contributed by atoms with Crippen molar-refractivity contribution in [2.45, 2.75) is 62.9 Å². The Morgan fingerprint density at radius 1 is 1.10 bits per heavy atom. The average molecular weight is 408 g/mol. The largest absolute Gasteiger partial charge is 0.446 e. The molecule has 0 spiro atoms. The lowest BCUT2D eigenvalue weighted by Crippen LogP contribution is -2.44. The van der Waals surface area contributed by atoms with Gasteiger partial charge in [0.25, 0.3) is 0 Å². The van der Waals surface area contributed by atoms with Gasteiger partial charge in [-0.15, -0.1) is 0 Å². The number of ether oxygens (including phenoxy) is 1. The van der Waals surface area contributed by atoms with Crippen LogP contribution >= 0.6 is 0 Å². The van der Waals surface area contributed by atoms with E-state index in [1.807, 2.05) is 12.1 Å². The molecule has 5 rings (SSSR count). The Hall–Kier alpha value is -2.76. The molecular weight excluding hydrogens is 383 g/mol. The second-order valence-corrected chi connectivity index (χ2v) is 8.66. The molecule has 0 saturated heterocycles. The highest BCUT2D eigenvalue weighted by molar-refractivity contribution is 5.93. The molecule has 2 fully saturated rings. The molecule has 2 aromatic rings. The summed E-state index contributed by atoms with van der Waals surface area (Å²) in [5, 5.41) is 0. The number of hydrogen-bond donors (Lipinski definition) is 0. The van der Waals surface area contributed by atoms with Crippen LogP contribution < -0.4 is 4.90 Å². The number of halogens is 1. The predicted octanol–water partition coefficient (Wildman–Crippen LogP) is 4.51. The van der Waals surface area contributed by atoms with E-state index in [9.17, 15) is 14.0 Å². The van der Waals surface area contributed by atoms with Gasteiger partial charge in [0.15, 0.2) is 0 Å². The van der Waals surface area contributed by atoms with Crippen LogP contribution in [0, 0.1) is 5.82 Å². The molecule has 156 valence electrons. The predicted molar refractivity (Wildman–Crippen MR) is 110 cm³/mol. The third-order valence-corrected chi connectivity index (χ3v) is 6.56. The molecule has 0 atom stereocenters. The van der Waals surface area contributed by atoms with Crippen molar-refractivity contribution in [2.75, 3.05) is 11.4 Å². The summed E-state index contributed by atoms with van der Waals surface area (Å²) in [7, 11) is 0. The summed E-state index contributed by atoms with van der Waals surface area (Å²) >= 11 is 0. The first-order chi connectivity index (χ1) is 14.5. The van der Waals surface area contributed by atoms with Gasteiger partial charge in [-0.25, -0.2) is 9.18 Å². The maximum absolute atomic E-state index is 13.3. The van der Waals surface area contributed by atoms with Crippen molar-refractivity contribution >= 4 is 17.6 Å². The van der Waals surface area contributed by atoms with Gasteiger partial charge in [0.2, 0.25) is 0 Å². The van der Waals surface area contributed by atoms with Crippen LogP contribution in [-0.2, 0) is 27.8 Å². The molecule has 6 heteroatoms. The molecule has 2 heterocycles. The van der Waals surface area contributed by atoms with Gasteiger partial charge >= 0.3 is 6.09 Å². The van der Waals surface area contributed by atoms with E-state index in [4.69, 9.17) is 9.72 Å². The number of carbonyl (C=O) groups excluding carboxylic acids is 2. The van der Waals surface area contributed by atoms with Crippen molar-refractivity contribution in [1.82, 2.24) is 4.98 Å². The summed E-state index contributed by atoms with van der Waals surface area (Å²) in [6.07, 6.45) is 6.13. The van der Waals surface area contributed by atoms with Crippen molar-refractivity contribution in [1.29, 1.82) is 0 Å². The fraction of sp³-hybridized carbons (Fsp3) is 0.458. The number of anilines is 1. The number of amides is 1. The van der Waals surface area contributed by atoms with Gasteiger partial charge in [-0.05, 0) is 68.4 Å². The molecule has 0 N–H and O–H groups in total. The van der Waals surface area contributed by atoms with Gasteiger partial charge in [0.05, 0.1) is 22.5 Å². The van der Waals surface area contributed by atoms with Crippen LogP contribution in [-0.4, -0.2) is 29.5 Å². The zero-order valence-corrected chi connectivity index (χ0v) is 16.9. The van der Waals surface area contributed by atoms with Crippen molar-refractivity contribution in [3.63, 3.8) is 0 Å². The highest BCUT2D eigenvalue weighted by Crippen LogP contribution is 2.45. The molecule has 1 amide bonds. The lowest BCUT2D eigenvalue weighted by molar-refractivity contribution is -0.127. The Morgan fingerprint density at radius 2 is 1.87 bits per heavy atom. The quantitative estimate of drug-likeness (QED) is 0.731. The van der Waals surface area contributed by atoms with Crippen LogP contribution in [0.4, 0.5) is 14.9 Å². The minimum atomic E-state index is -0.569. The number of aromatic nitrogens is 1. The molecule has 1 aromatic carbocycles. The minimum absolute atomic E-state index is 0.0671. The van der Waals surface area contributed by atoms with Crippen LogP contribution in [0.3, 0.4) is 0 Å². The number of Topliss-reactive ketones (excluding diaryl/α,β-unsaturated/α-hetero) is 1. The second-order valence-electron chi connectivity index (χ2n) is 8.66. The maximum Gasteiger partial charge on any atom is 0.414 e. The van der Waals surface area contributed by atoms with Crippen molar-refractivity contribution < 1.29 is 18.7 Å². The van der Waals surface area contributed by atoms with E-state index in [1.54, 1.807) is 17.0 Å². The Morgan fingerprint density at radius 3 is 2.53 bits per heavy atom. The van der Waals surface area contributed by atoms with Crippen molar-refractivity contribution in [3.8, 4) is 0 Å². The topological polar surface area (TPSA) is 59.5 Å². The van der Waals surface area contributed by atoms with Gasteiger partial charge in [0, 0.05) is 13.0 Å². The zero-order chi connectivity index (χ0) is 20.7. The van der Waals surface area contributed by atoms with Gasteiger partial charge < -0.3 is 4.74 Å². The van der Waals surface area contributed by atoms with E-state index in [0.29, 0.717) is 6.54 Å². The summed E-state index contributed by atoms with van der Waals surface area (Å²) in [6.45, 7) is 0.633. The fourth-order valence-electron chi connectivity index (χ4n) is 4.46. The normalized spacial score (nSPS) is 19.6. The number of nitrogens with zero attached hydrogens (tertiary/aromatic N) is 2. The van der Waals surface area contributed by atoms with Crippen molar-refractivity contribution in [2.24, 2.45) is 0 Å². The van der Waals surface area contributed by atoms with Gasteiger partial charge in [-0.1, -0.05) is 18.6 Å². The summed E-state index contributed by atoms with van der Waals surface area (Å²) in [4.78, 5) is 32.3. The van der Waals surface area contributed by atoms with Crippen LogP contribution in [0.15, 0.2) is 36.4 Å². The summed E-state index contributed by atoms with van der Waals surface area (Å²) in [5.74, 6) is -0.167. The molecule has 0 bridgehead atoms. The van der Waals surface area contributed by atoms with E-state index in [0.717, 1.165) is 67.6 Å². The first kappa shape index (κ1) is 19.2. The van der Waals surface area contributed by atoms with Crippen LogP contribution in [0.5, 0.6) is 0 Å². The third kappa shape index (κ3) is 3.48. The highest BCUT2D eigenvalue weighted by Gasteiger charge is 2.46. The molecule has 1 aliphatic heterocycles. The monoisotopic (exact) mass is 408 g/mol. The fourth-order valence-corrected chi connectivity index (χ4v) is 4.46. The zero-order valence-electron chi connectivity index (χ0n) is 16.9. The van der Waals surface area contributed by atoms with Gasteiger partial charge in [-0.2, -0.15) is 0 Å². The number of pyridine rings is 1. The lowest BCUT2D eigenvalue weighted by Gasteiger charge is -2.41. The standard InChI is InChI=1S/C24H25FN2O3/c25-17-6-4-16(5-7-17)15-22(28)24(12-2-13-24)21-11-10-20-19(26-21)3-1-14-27(20)23(29)30-18-8-9-18/h4-7,10-11,18H,1-3,8-9,12-15H2. The van der Waals surface area contributed by atoms with E-state index >= 15 is 0 Å². The van der Waals surface area contributed by atoms with Crippen LogP contribution in [0.2, 0.25) is 0 Å². The lowest BCUT2D eigenvalue weighted by atomic mass is 9.62. The molecule has 5 nitrogen and oxygen atoms in total. The molecular formula is C24H25FN2O3. The number of carbonyl (C=O) groups is 2. The maximum atomic E-state index is 13.3. The molecule has 1 aromatic heterocycles. The molecule has 0 unspecified atom stereocenters. The second kappa shape index (κ2) is 7.49.